The van der Waals surface area contributed by atoms with Crippen molar-refractivity contribution in [3.05, 3.63) is 59.2 Å². The molecule has 0 saturated heterocycles. The highest BCUT2D eigenvalue weighted by atomic mass is 35.5. The second kappa shape index (κ2) is 4.40. The zero-order valence-corrected chi connectivity index (χ0v) is 10.6. The third-order valence-electron chi connectivity index (χ3n) is 2.89. The molecular formula is C14H10ClN3O. The van der Waals surface area contributed by atoms with Gasteiger partial charge in [0.05, 0.1) is 11.3 Å². The molecule has 19 heavy (non-hydrogen) atoms. The number of halogens is 1. The third kappa shape index (κ3) is 2.06. The van der Waals surface area contributed by atoms with E-state index in [4.69, 9.17) is 17.3 Å². The number of amides is 1. The van der Waals surface area contributed by atoms with E-state index in [2.05, 4.69) is 5.10 Å². The Bertz CT molecular complexity index is 762. The molecule has 5 heteroatoms. The van der Waals surface area contributed by atoms with Crippen LogP contribution in [-0.4, -0.2) is 15.7 Å². The Morgan fingerprint density at radius 3 is 2.58 bits per heavy atom. The summed E-state index contributed by atoms with van der Waals surface area (Å²) in [6, 6.07) is 12.6. The van der Waals surface area contributed by atoms with E-state index in [9.17, 15) is 4.79 Å². The van der Waals surface area contributed by atoms with Crippen LogP contribution >= 0.6 is 11.6 Å². The first-order valence-electron chi connectivity index (χ1n) is 5.69. The molecule has 3 aromatic rings. The number of aromatic nitrogens is 2. The van der Waals surface area contributed by atoms with E-state index in [0.717, 1.165) is 11.1 Å². The quantitative estimate of drug-likeness (QED) is 0.779. The summed E-state index contributed by atoms with van der Waals surface area (Å²) in [5.74, 6) is -0.480. The lowest BCUT2D eigenvalue weighted by Crippen LogP contribution is -2.11. The highest BCUT2D eigenvalue weighted by molar-refractivity contribution is 6.30. The fourth-order valence-corrected chi connectivity index (χ4v) is 2.10. The summed E-state index contributed by atoms with van der Waals surface area (Å²) in [6.07, 6.45) is 1.85. The van der Waals surface area contributed by atoms with E-state index < -0.39 is 5.91 Å². The summed E-state index contributed by atoms with van der Waals surface area (Å²) in [4.78, 5) is 11.4. The standard InChI is InChI=1S/C14H10ClN3O/c15-10-4-6-11(7-5-10)18-8-9-2-1-3-12(14(16)19)13(9)17-18/h1-8H,(H2,16,19). The number of rotatable bonds is 2. The highest BCUT2D eigenvalue weighted by Crippen LogP contribution is 2.20. The summed E-state index contributed by atoms with van der Waals surface area (Å²) in [7, 11) is 0. The fraction of sp³-hybridized carbons (Fsp3) is 0. The van der Waals surface area contributed by atoms with E-state index in [1.54, 1.807) is 28.9 Å². The largest absolute Gasteiger partial charge is 0.366 e. The molecule has 1 heterocycles. The zero-order valence-electron chi connectivity index (χ0n) is 9.88. The van der Waals surface area contributed by atoms with Crippen LogP contribution in [0.2, 0.25) is 5.02 Å². The van der Waals surface area contributed by atoms with Crippen molar-refractivity contribution in [2.45, 2.75) is 0 Å². The van der Waals surface area contributed by atoms with Crippen molar-refractivity contribution in [3.63, 3.8) is 0 Å². The smallest absolute Gasteiger partial charge is 0.250 e. The molecule has 0 aliphatic heterocycles. The summed E-state index contributed by atoms with van der Waals surface area (Å²) < 4.78 is 1.70. The lowest BCUT2D eigenvalue weighted by Gasteiger charge is -2.00. The van der Waals surface area contributed by atoms with Gasteiger partial charge in [0.2, 0.25) is 0 Å². The van der Waals surface area contributed by atoms with Crippen LogP contribution in [0.5, 0.6) is 0 Å². The van der Waals surface area contributed by atoms with Gasteiger partial charge in [0.15, 0.2) is 0 Å². The molecule has 0 aliphatic rings. The second-order valence-electron chi connectivity index (χ2n) is 4.16. The lowest BCUT2D eigenvalue weighted by atomic mass is 10.1. The molecule has 2 aromatic carbocycles. The van der Waals surface area contributed by atoms with Gasteiger partial charge < -0.3 is 5.73 Å². The average Bonchev–Trinajstić information content (AvgIpc) is 2.82. The Kier molecular flexibility index (Phi) is 2.72. The van der Waals surface area contributed by atoms with Crippen LogP contribution in [0.3, 0.4) is 0 Å². The minimum atomic E-state index is -0.480. The van der Waals surface area contributed by atoms with Crippen molar-refractivity contribution < 1.29 is 4.79 Å². The van der Waals surface area contributed by atoms with Crippen molar-refractivity contribution in [1.82, 2.24) is 9.78 Å². The molecule has 4 nitrogen and oxygen atoms in total. The normalized spacial score (nSPS) is 10.8. The third-order valence-corrected chi connectivity index (χ3v) is 3.14. The SMILES string of the molecule is NC(=O)c1cccc2cn(-c3ccc(Cl)cc3)nc12. The number of hydrogen-bond donors (Lipinski definition) is 1. The van der Waals surface area contributed by atoms with Gasteiger partial charge in [0.25, 0.3) is 5.91 Å². The van der Waals surface area contributed by atoms with Crippen molar-refractivity contribution in [3.8, 4) is 5.69 Å². The number of fused-ring (bicyclic) bond motifs is 1. The van der Waals surface area contributed by atoms with Crippen LogP contribution in [0.4, 0.5) is 0 Å². The van der Waals surface area contributed by atoms with Gasteiger partial charge in [0.1, 0.15) is 5.52 Å². The first-order chi connectivity index (χ1) is 9.15. The topological polar surface area (TPSA) is 60.9 Å². The van der Waals surface area contributed by atoms with Gasteiger partial charge in [0, 0.05) is 16.6 Å². The molecule has 0 atom stereocenters. The molecule has 1 amide bonds. The van der Waals surface area contributed by atoms with Gasteiger partial charge in [-0.25, -0.2) is 4.68 Å². The van der Waals surface area contributed by atoms with Gasteiger partial charge in [-0.1, -0.05) is 23.7 Å². The number of carbonyl (C=O) groups excluding carboxylic acids is 1. The van der Waals surface area contributed by atoms with Crippen molar-refractivity contribution in [2.75, 3.05) is 0 Å². The van der Waals surface area contributed by atoms with E-state index >= 15 is 0 Å². The van der Waals surface area contributed by atoms with Gasteiger partial charge in [-0.15, -0.1) is 0 Å². The Morgan fingerprint density at radius 2 is 1.89 bits per heavy atom. The fourth-order valence-electron chi connectivity index (χ4n) is 1.97. The van der Waals surface area contributed by atoms with Crippen LogP contribution in [0.25, 0.3) is 16.6 Å². The summed E-state index contributed by atoms with van der Waals surface area (Å²) in [6.45, 7) is 0. The van der Waals surface area contributed by atoms with Gasteiger partial charge in [-0.05, 0) is 30.3 Å². The second-order valence-corrected chi connectivity index (χ2v) is 4.59. The zero-order chi connectivity index (χ0) is 13.4. The number of benzene rings is 2. The number of primary amides is 1. The predicted octanol–water partition coefficient (Wildman–Crippen LogP) is 2.78. The molecule has 0 bridgehead atoms. The molecule has 2 N–H and O–H groups in total. The first kappa shape index (κ1) is 11.7. The van der Waals surface area contributed by atoms with E-state index in [-0.39, 0.29) is 0 Å². The minimum Gasteiger partial charge on any atom is -0.366 e. The van der Waals surface area contributed by atoms with Crippen molar-refractivity contribution in [1.29, 1.82) is 0 Å². The Labute approximate surface area is 114 Å². The molecule has 0 fully saturated rings. The maximum atomic E-state index is 11.4. The Balaban J connectivity index is 2.19. The molecule has 1 aromatic heterocycles. The minimum absolute atomic E-state index is 0.421. The maximum absolute atomic E-state index is 11.4. The van der Waals surface area contributed by atoms with Crippen LogP contribution < -0.4 is 5.73 Å². The van der Waals surface area contributed by atoms with Crippen LogP contribution in [0.1, 0.15) is 10.4 Å². The molecule has 0 aliphatic carbocycles. The van der Waals surface area contributed by atoms with E-state index in [1.165, 1.54) is 0 Å². The molecule has 3 rings (SSSR count). The Morgan fingerprint density at radius 1 is 1.16 bits per heavy atom. The van der Waals surface area contributed by atoms with Crippen molar-refractivity contribution >= 4 is 28.4 Å². The molecular weight excluding hydrogens is 262 g/mol. The average molecular weight is 272 g/mol. The molecule has 0 unspecified atom stereocenters. The molecule has 94 valence electrons. The lowest BCUT2D eigenvalue weighted by molar-refractivity contribution is 0.100. The van der Waals surface area contributed by atoms with Gasteiger partial charge >= 0.3 is 0 Å². The number of carbonyl (C=O) groups is 1. The number of nitrogens with zero attached hydrogens (tertiary/aromatic N) is 2. The van der Waals surface area contributed by atoms with Crippen LogP contribution in [0.15, 0.2) is 48.7 Å². The van der Waals surface area contributed by atoms with E-state index in [0.29, 0.717) is 16.1 Å². The van der Waals surface area contributed by atoms with Gasteiger partial charge in [-0.3, -0.25) is 4.79 Å². The molecule has 0 spiro atoms. The van der Waals surface area contributed by atoms with Gasteiger partial charge in [-0.2, -0.15) is 5.10 Å². The highest BCUT2D eigenvalue weighted by Gasteiger charge is 2.10. The monoisotopic (exact) mass is 271 g/mol. The summed E-state index contributed by atoms with van der Waals surface area (Å²) >= 11 is 5.85. The van der Waals surface area contributed by atoms with Crippen LogP contribution in [-0.2, 0) is 0 Å². The summed E-state index contributed by atoms with van der Waals surface area (Å²) in [5, 5.41) is 5.94. The predicted molar refractivity (Wildman–Crippen MR) is 74.6 cm³/mol. The van der Waals surface area contributed by atoms with Crippen molar-refractivity contribution in [2.24, 2.45) is 5.73 Å². The van der Waals surface area contributed by atoms with Crippen LogP contribution in [0, 0.1) is 0 Å². The number of nitrogens with two attached hydrogens (primary N) is 1. The first-order valence-corrected chi connectivity index (χ1v) is 6.07. The van der Waals surface area contributed by atoms with E-state index in [1.807, 2.05) is 24.4 Å². The molecule has 0 saturated carbocycles. The Hall–Kier alpha value is -2.33. The summed E-state index contributed by atoms with van der Waals surface area (Å²) in [5.41, 5.74) is 7.24. The number of hydrogen-bond acceptors (Lipinski definition) is 2. The molecule has 0 radical (unpaired) electrons. The maximum Gasteiger partial charge on any atom is 0.250 e.